The molecular formula is C20H15ClN2O4. The summed E-state index contributed by atoms with van der Waals surface area (Å²) < 4.78 is 15.2. The van der Waals surface area contributed by atoms with E-state index < -0.39 is 5.97 Å². The molecule has 2 aromatic rings. The third kappa shape index (κ3) is 5.01. The van der Waals surface area contributed by atoms with Gasteiger partial charge in [0, 0.05) is 0 Å². The fraction of sp³-hybridized carbons (Fsp3) is 0.150. The standard InChI is InChI=1S/C20H15ClN2O4/c1-25-18-9-14(8-17(21)20(18)27-12-19(24)26-2)7-16(11-23)15-5-3-4-13(6-15)10-22/h3-9H,12H2,1-2H3/b16-7-. The summed E-state index contributed by atoms with van der Waals surface area (Å²) in [6, 6.07) is 14.1. The molecule has 27 heavy (non-hydrogen) atoms. The van der Waals surface area contributed by atoms with Crippen molar-refractivity contribution in [3.05, 3.63) is 58.1 Å². The number of carbonyl (C=O) groups excluding carboxylic acids is 1. The van der Waals surface area contributed by atoms with Crippen molar-refractivity contribution in [1.29, 1.82) is 10.5 Å². The summed E-state index contributed by atoms with van der Waals surface area (Å²) in [6.45, 7) is -0.313. The first-order valence-corrected chi connectivity index (χ1v) is 8.09. The van der Waals surface area contributed by atoms with Crippen molar-refractivity contribution in [3.8, 4) is 23.6 Å². The van der Waals surface area contributed by atoms with Gasteiger partial charge in [-0.15, -0.1) is 0 Å². The average molecular weight is 383 g/mol. The van der Waals surface area contributed by atoms with E-state index in [0.29, 0.717) is 28.0 Å². The fourth-order valence-corrected chi connectivity index (χ4v) is 2.53. The van der Waals surface area contributed by atoms with Crippen molar-refractivity contribution in [2.24, 2.45) is 0 Å². The number of methoxy groups -OCH3 is 2. The predicted molar refractivity (Wildman–Crippen MR) is 100 cm³/mol. The second-order valence-corrected chi connectivity index (χ2v) is 5.67. The zero-order valence-electron chi connectivity index (χ0n) is 14.7. The average Bonchev–Trinajstić information content (AvgIpc) is 2.70. The minimum atomic E-state index is -0.554. The maximum Gasteiger partial charge on any atom is 0.343 e. The third-order valence-corrected chi connectivity index (χ3v) is 3.83. The molecule has 2 aromatic carbocycles. The molecule has 0 spiro atoms. The molecule has 0 fully saturated rings. The molecule has 0 aromatic heterocycles. The van der Waals surface area contributed by atoms with Crippen molar-refractivity contribution >= 4 is 29.2 Å². The van der Waals surface area contributed by atoms with Crippen molar-refractivity contribution in [2.75, 3.05) is 20.8 Å². The van der Waals surface area contributed by atoms with Crippen LogP contribution in [0.5, 0.6) is 11.5 Å². The number of carbonyl (C=O) groups is 1. The van der Waals surface area contributed by atoms with E-state index in [-0.39, 0.29) is 17.4 Å². The molecule has 0 N–H and O–H groups in total. The van der Waals surface area contributed by atoms with E-state index in [0.717, 1.165) is 0 Å². The van der Waals surface area contributed by atoms with E-state index in [1.54, 1.807) is 42.5 Å². The molecule has 0 aliphatic heterocycles. The predicted octanol–water partition coefficient (Wildman–Crippen LogP) is 3.84. The van der Waals surface area contributed by atoms with Gasteiger partial charge in [-0.1, -0.05) is 23.7 Å². The highest BCUT2D eigenvalue weighted by Gasteiger charge is 2.14. The molecule has 0 atom stereocenters. The topological polar surface area (TPSA) is 92.3 Å². The molecule has 2 rings (SSSR count). The Hall–Kier alpha value is -3.48. The second kappa shape index (κ2) is 9.28. The molecule has 0 heterocycles. The number of hydrogen-bond donors (Lipinski definition) is 0. The Morgan fingerprint density at radius 3 is 2.63 bits per heavy atom. The molecule has 136 valence electrons. The van der Waals surface area contributed by atoms with Crippen LogP contribution in [0.15, 0.2) is 36.4 Å². The first kappa shape index (κ1) is 19.8. The zero-order chi connectivity index (χ0) is 19.8. The van der Waals surface area contributed by atoms with Gasteiger partial charge >= 0.3 is 5.97 Å². The fourth-order valence-electron chi connectivity index (χ4n) is 2.26. The normalized spacial score (nSPS) is 10.5. The summed E-state index contributed by atoms with van der Waals surface area (Å²) in [4.78, 5) is 11.3. The van der Waals surface area contributed by atoms with Crippen LogP contribution in [-0.2, 0) is 9.53 Å². The highest BCUT2D eigenvalue weighted by molar-refractivity contribution is 6.32. The van der Waals surface area contributed by atoms with Crippen LogP contribution in [0.25, 0.3) is 11.6 Å². The van der Waals surface area contributed by atoms with E-state index >= 15 is 0 Å². The number of benzene rings is 2. The molecule has 0 saturated heterocycles. The summed E-state index contributed by atoms with van der Waals surface area (Å²) in [7, 11) is 2.69. The Bertz CT molecular complexity index is 971. The summed E-state index contributed by atoms with van der Waals surface area (Å²) in [6.07, 6.45) is 1.62. The number of halogens is 1. The van der Waals surface area contributed by atoms with E-state index in [9.17, 15) is 10.1 Å². The number of ether oxygens (including phenoxy) is 3. The summed E-state index contributed by atoms with van der Waals surface area (Å²) in [5.41, 5.74) is 2.02. The minimum absolute atomic E-state index is 0.201. The Kier molecular flexibility index (Phi) is 6.82. The van der Waals surface area contributed by atoms with Crippen molar-refractivity contribution < 1.29 is 19.0 Å². The lowest BCUT2D eigenvalue weighted by molar-refractivity contribution is -0.142. The SMILES string of the molecule is COC(=O)COc1c(Cl)cc(/C=C(/C#N)c2cccc(C#N)c2)cc1OC. The second-order valence-electron chi connectivity index (χ2n) is 5.26. The quantitative estimate of drug-likeness (QED) is 0.428. The highest BCUT2D eigenvalue weighted by atomic mass is 35.5. The van der Waals surface area contributed by atoms with Gasteiger partial charge in [-0.2, -0.15) is 10.5 Å². The van der Waals surface area contributed by atoms with Gasteiger partial charge in [0.2, 0.25) is 0 Å². The van der Waals surface area contributed by atoms with E-state index in [4.69, 9.17) is 26.3 Å². The van der Waals surface area contributed by atoms with Crippen LogP contribution in [0.2, 0.25) is 5.02 Å². The molecule has 0 amide bonds. The van der Waals surface area contributed by atoms with Gasteiger partial charge in [0.1, 0.15) is 0 Å². The van der Waals surface area contributed by atoms with Gasteiger partial charge in [-0.3, -0.25) is 0 Å². The van der Waals surface area contributed by atoms with Crippen LogP contribution < -0.4 is 9.47 Å². The van der Waals surface area contributed by atoms with E-state index in [1.807, 2.05) is 6.07 Å². The summed E-state index contributed by atoms with van der Waals surface area (Å²) in [5, 5.41) is 18.7. The number of rotatable bonds is 6. The van der Waals surface area contributed by atoms with Crippen LogP contribution in [0, 0.1) is 22.7 Å². The number of hydrogen-bond acceptors (Lipinski definition) is 6. The Labute approximate surface area is 161 Å². The number of nitrogens with zero attached hydrogens (tertiary/aromatic N) is 2. The Morgan fingerprint density at radius 2 is 2.00 bits per heavy atom. The molecule has 0 unspecified atom stereocenters. The smallest absolute Gasteiger partial charge is 0.343 e. The maximum absolute atomic E-state index is 11.3. The largest absolute Gasteiger partial charge is 0.493 e. The Morgan fingerprint density at radius 1 is 1.22 bits per heavy atom. The van der Waals surface area contributed by atoms with Gasteiger partial charge in [-0.05, 0) is 41.5 Å². The van der Waals surface area contributed by atoms with Gasteiger partial charge in [-0.25, -0.2) is 4.79 Å². The zero-order valence-corrected chi connectivity index (χ0v) is 15.4. The van der Waals surface area contributed by atoms with Gasteiger partial charge in [0.25, 0.3) is 0 Å². The molecule has 7 heteroatoms. The third-order valence-electron chi connectivity index (χ3n) is 3.55. The van der Waals surface area contributed by atoms with Gasteiger partial charge in [0.05, 0.1) is 42.5 Å². The van der Waals surface area contributed by atoms with Crippen LogP contribution in [-0.4, -0.2) is 26.8 Å². The molecule has 6 nitrogen and oxygen atoms in total. The molecule has 0 bridgehead atoms. The molecule has 0 aliphatic rings. The molecule has 0 aliphatic carbocycles. The van der Waals surface area contributed by atoms with Crippen LogP contribution in [0.1, 0.15) is 16.7 Å². The Balaban J connectivity index is 2.41. The highest BCUT2D eigenvalue weighted by Crippen LogP contribution is 2.37. The molecule has 0 saturated carbocycles. The maximum atomic E-state index is 11.3. The number of allylic oxidation sites excluding steroid dienone is 1. The van der Waals surface area contributed by atoms with Crippen LogP contribution in [0.4, 0.5) is 0 Å². The van der Waals surface area contributed by atoms with E-state index in [1.165, 1.54) is 14.2 Å². The van der Waals surface area contributed by atoms with Crippen molar-refractivity contribution in [1.82, 2.24) is 0 Å². The summed E-state index contributed by atoms with van der Waals surface area (Å²) >= 11 is 6.25. The number of esters is 1. The van der Waals surface area contributed by atoms with E-state index in [2.05, 4.69) is 10.8 Å². The van der Waals surface area contributed by atoms with Gasteiger partial charge in [0.15, 0.2) is 18.1 Å². The first-order chi connectivity index (χ1) is 13.0. The van der Waals surface area contributed by atoms with Crippen molar-refractivity contribution in [2.45, 2.75) is 0 Å². The minimum Gasteiger partial charge on any atom is -0.493 e. The lowest BCUT2D eigenvalue weighted by atomic mass is 10.0. The van der Waals surface area contributed by atoms with Crippen LogP contribution in [0.3, 0.4) is 0 Å². The lowest BCUT2D eigenvalue weighted by Gasteiger charge is -2.12. The molecule has 0 radical (unpaired) electrons. The first-order valence-electron chi connectivity index (χ1n) is 7.71. The van der Waals surface area contributed by atoms with Crippen molar-refractivity contribution in [3.63, 3.8) is 0 Å². The number of nitriles is 2. The van der Waals surface area contributed by atoms with Crippen LogP contribution >= 0.6 is 11.6 Å². The van der Waals surface area contributed by atoms with Gasteiger partial charge < -0.3 is 14.2 Å². The lowest BCUT2D eigenvalue weighted by Crippen LogP contribution is -2.13. The molecular weight excluding hydrogens is 368 g/mol. The summed E-state index contributed by atoms with van der Waals surface area (Å²) in [5.74, 6) is -0.0475. The monoisotopic (exact) mass is 382 g/mol.